The molecule has 1 aromatic carbocycles. The molecule has 0 spiro atoms. The lowest BCUT2D eigenvalue weighted by molar-refractivity contribution is 0.141. The molecule has 16 heavy (non-hydrogen) atoms. The van der Waals surface area contributed by atoms with Crippen LogP contribution in [0.25, 0.3) is 0 Å². The highest BCUT2D eigenvalue weighted by Crippen LogP contribution is 2.34. The van der Waals surface area contributed by atoms with Gasteiger partial charge in [-0.15, -0.1) is 0 Å². The molecule has 2 aliphatic rings. The van der Waals surface area contributed by atoms with Crippen molar-refractivity contribution < 1.29 is 4.84 Å². The molecule has 0 radical (unpaired) electrons. The van der Waals surface area contributed by atoms with Gasteiger partial charge in [-0.25, -0.2) is 5.90 Å². The van der Waals surface area contributed by atoms with E-state index in [1.165, 1.54) is 29.5 Å². The SMILES string of the molecule is NOCCc1ccc2c(c1)CN(C1CC1)C2. The Labute approximate surface area is 96.1 Å². The van der Waals surface area contributed by atoms with E-state index in [0.717, 1.165) is 25.6 Å². The van der Waals surface area contributed by atoms with Gasteiger partial charge >= 0.3 is 0 Å². The summed E-state index contributed by atoms with van der Waals surface area (Å²) in [6.07, 6.45) is 3.69. The van der Waals surface area contributed by atoms with Crippen LogP contribution in [0.4, 0.5) is 0 Å². The molecule has 1 fully saturated rings. The van der Waals surface area contributed by atoms with E-state index in [9.17, 15) is 0 Å². The fourth-order valence-corrected chi connectivity index (χ4v) is 2.50. The van der Waals surface area contributed by atoms with E-state index < -0.39 is 0 Å². The van der Waals surface area contributed by atoms with Crippen LogP contribution in [0.15, 0.2) is 18.2 Å². The summed E-state index contributed by atoms with van der Waals surface area (Å²) in [5.74, 6) is 5.05. The van der Waals surface area contributed by atoms with E-state index in [-0.39, 0.29) is 0 Å². The van der Waals surface area contributed by atoms with Gasteiger partial charge in [0.2, 0.25) is 0 Å². The summed E-state index contributed by atoms with van der Waals surface area (Å²) in [5.41, 5.74) is 4.34. The Balaban J connectivity index is 1.72. The molecule has 1 aliphatic heterocycles. The maximum Gasteiger partial charge on any atom is 0.0719 e. The molecule has 86 valence electrons. The van der Waals surface area contributed by atoms with Crippen LogP contribution in [0.5, 0.6) is 0 Å². The van der Waals surface area contributed by atoms with Crippen molar-refractivity contribution in [3.05, 3.63) is 34.9 Å². The summed E-state index contributed by atoms with van der Waals surface area (Å²) in [7, 11) is 0. The number of rotatable bonds is 4. The minimum absolute atomic E-state index is 0.602. The molecule has 0 aromatic heterocycles. The third kappa shape index (κ3) is 1.98. The summed E-state index contributed by atoms with van der Waals surface area (Å²) in [6, 6.07) is 7.65. The van der Waals surface area contributed by atoms with Crippen molar-refractivity contribution in [3.63, 3.8) is 0 Å². The Hall–Kier alpha value is -0.900. The van der Waals surface area contributed by atoms with Crippen molar-refractivity contribution in [2.24, 2.45) is 5.90 Å². The number of nitrogens with two attached hydrogens (primary N) is 1. The topological polar surface area (TPSA) is 38.5 Å². The van der Waals surface area contributed by atoms with Crippen LogP contribution in [0.1, 0.15) is 29.5 Å². The molecular weight excluding hydrogens is 200 g/mol. The second-order valence-corrected chi connectivity index (χ2v) is 4.86. The van der Waals surface area contributed by atoms with Crippen LogP contribution >= 0.6 is 0 Å². The van der Waals surface area contributed by atoms with Crippen molar-refractivity contribution in [2.45, 2.75) is 38.4 Å². The maximum atomic E-state index is 5.05. The molecule has 1 saturated carbocycles. The lowest BCUT2D eigenvalue weighted by Crippen LogP contribution is -2.18. The normalized spacial score (nSPS) is 20.1. The standard InChI is InChI=1S/C13H18N2O/c14-16-6-5-10-1-2-11-8-15(13-3-4-13)9-12(11)7-10/h1-2,7,13H,3-6,8-9,14H2. The van der Waals surface area contributed by atoms with Crippen LogP contribution in [0.3, 0.4) is 0 Å². The van der Waals surface area contributed by atoms with Crippen molar-refractivity contribution >= 4 is 0 Å². The van der Waals surface area contributed by atoms with Gasteiger partial charge in [-0.2, -0.15) is 0 Å². The molecule has 1 aliphatic carbocycles. The first-order valence-electron chi connectivity index (χ1n) is 6.03. The average Bonchev–Trinajstić information content (AvgIpc) is 3.06. The highest BCUT2D eigenvalue weighted by atomic mass is 16.6. The van der Waals surface area contributed by atoms with Crippen molar-refractivity contribution in [2.75, 3.05) is 6.61 Å². The minimum atomic E-state index is 0.602. The fraction of sp³-hybridized carbons (Fsp3) is 0.538. The smallest absolute Gasteiger partial charge is 0.0719 e. The first-order valence-corrected chi connectivity index (χ1v) is 6.03. The zero-order valence-electron chi connectivity index (χ0n) is 9.48. The summed E-state index contributed by atoms with van der Waals surface area (Å²) in [4.78, 5) is 7.22. The van der Waals surface area contributed by atoms with Crippen molar-refractivity contribution in [1.29, 1.82) is 0 Å². The Kier molecular flexibility index (Phi) is 2.67. The van der Waals surface area contributed by atoms with Gasteiger partial charge in [0.05, 0.1) is 6.61 Å². The van der Waals surface area contributed by atoms with E-state index >= 15 is 0 Å². The maximum absolute atomic E-state index is 5.05. The Morgan fingerprint density at radius 3 is 2.81 bits per heavy atom. The van der Waals surface area contributed by atoms with Gasteiger partial charge < -0.3 is 4.84 Å². The van der Waals surface area contributed by atoms with Gasteiger partial charge in [0.25, 0.3) is 0 Å². The molecule has 3 heteroatoms. The van der Waals surface area contributed by atoms with Crippen molar-refractivity contribution in [1.82, 2.24) is 4.90 Å². The zero-order valence-corrected chi connectivity index (χ0v) is 9.48. The molecular formula is C13H18N2O. The Morgan fingerprint density at radius 1 is 1.25 bits per heavy atom. The van der Waals surface area contributed by atoms with Crippen molar-refractivity contribution in [3.8, 4) is 0 Å². The van der Waals surface area contributed by atoms with Crippen LogP contribution in [-0.4, -0.2) is 17.5 Å². The van der Waals surface area contributed by atoms with Gasteiger partial charge in [0, 0.05) is 19.1 Å². The van der Waals surface area contributed by atoms with Crippen LogP contribution in [0.2, 0.25) is 0 Å². The minimum Gasteiger partial charge on any atom is -0.304 e. The number of benzene rings is 1. The third-order valence-electron chi connectivity index (χ3n) is 3.59. The molecule has 0 amide bonds. The number of fused-ring (bicyclic) bond motifs is 1. The van der Waals surface area contributed by atoms with E-state index in [2.05, 4.69) is 27.9 Å². The predicted octanol–water partition coefficient (Wildman–Crippen LogP) is 1.60. The Morgan fingerprint density at radius 2 is 2.06 bits per heavy atom. The molecule has 1 aromatic rings. The first kappa shape index (κ1) is 10.3. The molecule has 2 N–H and O–H groups in total. The molecule has 0 atom stereocenters. The zero-order chi connectivity index (χ0) is 11.0. The first-order chi connectivity index (χ1) is 7.86. The molecule has 1 heterocycles. The van der Waals surface area contributed by atoms with Crippen LogP contribution in [-0.2, 0) is 24.3 Å². The fourth-order valence-electron chi connectivity index (χ4n) is 2.50. The van der Waals surface area contributed by atoms with E-state index in [0.29, 0.717) is 6.61 Å². The highest BCUT2D eigenvalue weighted by molar-refractivity contribution is 5.35. The summed E-state index contributed by atoms with van der Waals surface area (Å²) >= 11 is 0. The van der Waals surface area contributed by atoms with Crippen LogP contribution < -0.4 is 5.90 Å². The number of nitrogens with zero attached hydrogens (tertiary/aromatic N) is 1. The predicted molar refractivity (Wildman–Crippen MR) is 62.6 cm³/mol. The number of hydrogen-bond donors (Lipinski definition) is 1. The van der Waals surface area contributed by atoms with Gasteiger partial charge in [-0.1, -0.05) is 18.2 Å². The monoisotopic (exact) mass is 218 g/mol. The lowest BCUT2D eigenvalue weighted by Gasteiger charge is -2.11. The Bertz CT molecular complexity index is 388. The quantitative estimate of drug-likeness (QED) is 0.780. The van der Waals surface area contributed by atoms with E-state index in [1.807, 2.05) is 0 Å². The molecule has 0 saturated heterocycles. The number of hydrogen-bond acceptors (Lipinski definition) is 3. The largest absolute Gasteiger partial charge is 0.304 e. The molecule has 3 rings (SSSR count). The van der Waals surface area contributed by atoms with E-state index in [4.69, 9.17) is 5.90 Å². The van der Waals surface area contributed by atoms with Gasteiger partial charge in [0.1, 0.15) is 0 Å². The average molecular weight is 218 g/mol. The van der Waals surface area contributed by atoms with E-state index in [1.54, 1.807) is 0 Å². The van der Waals surface area contributed by atoms with Gasteiger partial charge in [0.15, 0.2) is 0 Å². The summed E-state index contributed by atoms with van der Waals surface area (Å²) < 4.78 is 0. The lowest BCUT2D eigenvalue weighted by atomic mass is 10.0. The van der Waals surface area contributed by atoms with Gasteiger partial charge in [-0.3, -0.25) is 4.90 Å². The summed E-state index contributed by atoms with van der Waals surface area (Å²) in [6.45, 7) is 2.89. The summed E-state index contributed by atoms with van der Waals surface area (Å²) in [5, 5.41) is 0. The van der Waals surface area contributed by atoms with Gasteiger partial charge in [-0.05, 0) is 36.0 Å². The van der Waals surface area contributed by atoms with Crippen LogP contribution in [0, 0.1) is 0 Å². The second kappa shape index (κ2) is 4.17. The second-order valence-electron chi connectivity index (χ2n) is 4.86. The molecule has 3 nitrogen and oxygen atoms in total. The molecule has 0 unspecified atom stereocenters. The molecule has 0 bridgehead atoms. The third-order valence-corrected chi connectivity index (χ3v) is 3.59. The highest BCUT2D eigenvalue weighted by Gasteiger charge is 2.32.